The van der Waals surface area contributed by atoms with Crippen molar-refractivity contribution in [3.05, 3.63) is 29.8 Å². The fourth-order valence-corrected chi connectivity index (χ4v) is 4.76. The summed E-state index contributed by atoms with van der Waals surface area (Å²) >= 11 is 0. The summed E-state index contributed by atoms with van der Waals surface area (Å²) in [5.74, 6) is 0.0123. The molecule has 0 bridgehead atoms. The van der Waals surface area contributed by atoms with E-state index in [1.54, 1.807) is 17.0 Å². The Labute approximate surface area is 166 Å². The van der Waals surface area contributed by atoms with E-state index in [4.69, 9.17) is 4.74 Å². The van der Waals surface area contributed by atoms with Crippen molar-refractivity contribution in [3.63, 3.8) is 0 Å². The average molecular weight is 409 g/mol. The predicted molar refractivity (Wildman–Crippen MR) is 104 cm³/mol. The van der Waals surface area contributed by atoms with E-state index in [0.29, 0.717) is 24.9 Å². The van der Waals surface area contributed by atoms with Gasteiger partial charge in [-0.15, -0.1) is 0 Å². The first-order chi connectivity index (χ1) is 13.2. The van der Waals surface area contributed by atoms with Gasteiger partial charge in [-0.2, -0.15) is 4.31 Å². The van der Waals surface area contributed by atoms with Crippen molar-refractivity contribution in [3.8, 4) is 0 Å². The van der Waals surface area contributed by atoms with Gasteiger partial charge < -0.3 is 9.64 Å². The highest BCUT2D eigenvalue weighted by molar-refractivity contribution is 7.89. The molecule has 1 aliphatic heterocycles. The van der Waals surface area contributed by atoms with E-state index in [2.05, 4.69) is 13.8 Å². The van der Waals surface area contributed by atoms with Crippen LogP contribution in [0.1, 0.15) is 38.7 Å². The van der Waals surface area contributed by atoms with E-state index in [0.717, 1.165) is 12.0 Å². The van der Waals surface area contributed by atoms with Crippen LogP contribution in [0, 0.1) is 11.8 Å². The highest BCUT2D eigenvalue weighted by Gasteiger charge is 2.41. The largest absolute Gasteiger partial charge is 0.455 e. The number of hydrogen-bond donors (Lipinski definition) is 0. The summed E-state index contributed by atoms with van der Waals surface area (Å²) in [7, 11) is -3.58. The first-order valence-electron chi connectivity index (χ1n) is 9.74. The van der Waals surface area contributed by atoms with Crippen LogP contribution in [-0.2, 0) is 24.3 Å². The van der Waals surface area contributed by atoms with Gasteiger partial charge in [0, 0.05) is 26.2 Å². The number of benzene rings is 1. The number of piperazine rings is 1. The van der Waals surface area contributed by atoms with Crippen LogP contribution in [0.4, 0.5) is 0 Å². The van der Waals surface area contributed by atoms with E-state index < -0.39 is 10.0 Å². The van der Waals surface area contributed by atoms with Crippen LogP contribution in [0.5, 0.6) is 0 Å². The molecule has 0 aromatic heterocycles. The Morgan fingerprint density at radius 3 is 2.18 bits per heavy atom. The Bertz CT molecular complexity index is 827. The molecule has 1 heterocycles. The highest BCUT2D eigenvalue weighted by atomic mass is 32.2. The summed E-state index contributed by atoms with van der Waals surface area (Å²) in [5.41, 5.74) is 1.09. The second-order valence-corrected chi connectivity index (χ2v) is 9.87. The monoisotopic (exact) mass is 408 g/mol. The number of carbonyl (C=O) groups excluding carboxylic acids is 2. The maximum atomic E-state index is 12.8. The van der Waals surface area contributed by atoms with E-state index in [1.807, 2.05) is 19.1 Å². The first-order valence-corrected chi connectivity index (χ1v) is 11.2. The van der Waals surface area contributed by atoms with Crippen LogP contribution in [0.3, 0.4) is 0 Å². The zero-order valence-corrected chi connectivity index (χ0v) is 17.4. The Morgan fingerprint density at radius 2 is 1.68 bits per heavy atom. The first kappa shape index (κ1) is 20.8. The smallest absolute Gasteiger partial charge is 0.309 e. The van der Waals surface area contributed by atoms with Gasteiger partial charge in [0.25, 0.3) is 5.91 Å². The Morgan fingerprint density at radius 1 is 1.11 bits per heavy atom. The van der Waals surface area contributed by atoms with E-state index in [9.17, 15) is 18.0 Å². The molecule has 0 unspecified atom stereocenters. The van der Waals surface area contributed by atoms with Gasteiger partial charge in [0.2, 0.25) is 10.0 Å². The van der Waals surface area contributed by atoms with Gasteiger partial charge in [-0.05, 0) is 36.0 Å². The number of amides is 1. The van der Waals surface area contributed by atoms with Crippen LogP contribution in [-0.4, -0.2) is 62.3 Å². The van der Waals surface area contributed by atoms with Gasteiger partial charge in [-0.1, -0.05) is 32.9 Å². The predicted octanol–water partition coefficient (Wildman–Crippen LogP) is 1.84. The lowest BCUT2D eigenvalue weighted by molar-refractivity contribution is -0.153. The fourth-order valence-electron chi connectivity index (χ4n) is 3.33. The van der Waals surface area contributed by atoms with E-state index >= 15 is 0 Å². The molecule has 2 fully saturated rings. The molecule has 8 heteroatoms. The highest BCUT2D eigenvalue weighted by Crippen LogP contribution is 2.38. The Hall–Kier alpha value is -1.93. The summed E-state index contributed by atoms with van der Waals surface area (Å²) in [6.45, 7) is 6.86. The second kappa shape index (κ2) is 8.21. The molecule has 0 radical (unpaired) electrons. The molecule has 28 heavy (non-hydrogen) atoms. The SMILES string of the molecule is CC(C)c1ccc(S(=O)(=O)N2CCN(C(=O)COC(=O)[C@H]3C[C@@H]3C)CC2)cc1. The molecule has 2 aliphatic rings. The lowest BCUT2D eigenvalue weighted by Crippen LogP contribution is -2.51. The van der Waals surface area contributed by atoms with Crippen molar-refractivity contribution >= 4 is 21.9 Å². The minimum absolute atomic E-state index is 0.0723. The van der Waals surface area contributed by atoms with Crippen LogP contribution in [0.15, 0.2) is 29.2 Å². The standard InChI is InChI=1S/C20H28N2O5S/c1-14(2)16-4-6-17(7-5-16)28(25,26)22-10-8-21(9-11-22)19(23)13-27-20(24)18-12-15(18)3/h4-7,14-15,18H,8-13H2,1-3H3/t15-,18-/m0/s1. The third-order valence-corrected chi connectivity index (χ3v) is 7.44. The number of esters is 1. The topological polar surface area (TPSA) is 84.0 Å². The molecule has 1 saturated carbocycles. The van der Waals surface area contributed by atoms with Gasteiger partial charge in [-0.3, -0.25) is 9.59 Å². The number of rotatable bonds is 6. The van der Waals surface area contributed by atoms with Crippen LogP contribution in [0.25, 0.3) is 0 Å². The Balaban J connectivity index is 1.52. The van der Waals surface area contributed by atoms with Crippen LogP contribution in [0.2, 0.25) is 0 Å². The van der Waals surface area contributed by atoms with Gasteiger partial charge in [0.15, 0.2) is 6.61 Å². The van der Waals surface area contributed by atoms with Crippen LogP contribution >= 0.6 is 0 Å². The summed E-state index contributed by atoms with van der Waals surface area (Å²) in [5, 5.41) is 0. The second-order valence-electron chi connectivity index (χ2n) is 7.94. The van der Waals surface area contributed by atoms with Crippen molar-refractivity contribution in [1.82, 2.24) is 9.21 Å². The Kier molecular flexibility index (Phi) is 6.09. The van der Waals surface area contributed by atoms with Crippen LogP contribution < -0.4 is 0 Å². The maximum Gasteiger partial charge on any atom is 0.309 e. The molecule has 7 nitrogen and oxygen atoms in total. The number of sulfonamides is 1. The van der Waals surface area contributed by atoms with Crippen molar-refractivity contribution < 1.29 is 22.7 Å². The normalized spacial score (nSPS) is 22.9. The number of carbonyl (C=O) groups is 2. The molecule has 1 aliphatic carbocycles. The van der Waals surface area contributed by atoms with Gasteiger partial charge in [-0.25, -0.2) is 8.42 Å². The zero-order valence-electron chi connectivity index (χ0n) is 16.6. The zero-order chi connectivity index (χ0) is 20.5. The summed E-state index contributed by atoms with van der Waals surface area (Å²) in [4.78, 5) is 25.8. The molecule has 1 aromatic carbocycles. The van der Waals surface area contributed by atoms with E-state index in [-0.39, 0.29) is 42.4 Å². The number of nitrogens with zero attached hydrogens (tertiary/aromatic N) is 2. The third kappa shape index (κ3) is 4.55. The maximum absolute atomic E-state index is 12.8. The molecule has 0 N–H and O–H groups in total. The molecule has 2 atom stereocenters. The lowest BCUT2D eigenvalue weighted by atomic mass is 10.0. The van der Waals surface area contributed by atoms with E-state index in [1.165, 1.54) is 4.31 Å². The summed E-state index contributed by atoms with van der Waals surface area (Å²) < 4.78 is 32.1. The molecule has 3 rings (SSSR count). The molecule has 0 spiro atoms. The molecular formula is C20H28N2O5S. The third-order valence-electron chi connectivity index (χ3n) is 5.53. The van der Waals surface area contributed by atoms with Crippen molar-refractivity contribution in [2.24, 2.45) is 11.8 Å². The quantitative estimate of drug-likeness (QED) is 0.671. The average Bonchev–Trinajstić information content (AvgIpc) is 3.42. The van der Waals surface area contributed by atoms with Crippen molar-refractivity contribution in [1.29, 1.82) is 0 Å². The fraction of sp³-hybridized carbons (Fsp3) is 0.600. The molecular weight excluding hydrogens is 380 g/mol. The summed E-state index contributed by atoms with van der Waals surface area (Å²) in [6.07, 6.45) is 0.821. The molecule has 1 amide bonds. The minimum Gasteiger partial charge on any atom is -0.455 e. The summed E-state index contributed by atoms with van der Waals surface area (Å²) in [6, 6.07) is 6.96. The minimum atomic E-state index is -3.58. The number of hydrogen-bond acceptors (Lipinski definition) is 5. The van der Waals surface area contributed by atoms with Gasteiger partial charge >= 0.3 is 5.97 Å². The lowest BCUT2D eigenvalue weighted by Gasteiger charge is -2.33. The number of ether oxygens (including phenoxy) is 1. The molecule has 154 valence electrons. The van der Waals surface area contributed by atoms with Gasteiger partial charge in [0.05, 0.1) is 10.8 Å². The molecule has 1 saturated heterocycles. The van der Waals surface area contributed by atoms with Crippen molar-refractivity contribution in [2.45, 2.75) is 38.0 Å². The van der Waals surface area contributed by atoms with Crippen molar-refractivity contribution in [2.75, 3.05) is 32.8 Å². The van der Waals surface area contributed by atoms with Gasteiger partial charge in [0.1, 0.15) is 0 Å². The molecule has 1 aromatic rings.